The summed E-state index contributed by atoms with van der Waals surface area (Å²) in [7, 11) is 3.25. The molecule has 0 bridgehead atoms. The molecule has 4 N–H and O–H groups in total. The van der Waals surface area contributed by atoms with E-state index in [4.69, 9.17) is 17.3 Å². The van der Waals surface area contributed by atoms with Gasteiger partial charge in [-0.2, -0.15) is 0 Å². The fourth-order valence-corrected chi connectivity index (χ4v) is 1.71. The van der Waals surface area contributed by atoms with Gasteiger partial charge in [0, 0.05) is 12.1 Å². The molecule has 6 nitrogen and oxygen atoms in total. The van der Waals surface area contributed by atoms with Crippen molar-refractivity contribution >= 4 is 34.8 Å². The number of nitrogens with zero attached hydrogens (tertiary/aromatic N) is 1. The molecule has 1 unspecified atom stereocenters. The lowest BCUT2D eigenvalue weighted by Gasteiger charge is -2.23. The first kappa shape index (κ1) is 16.3. The number of benzene rings is 1. The van der Waals surface area contributed by atoms with Crippen molar-refractivity contribution in [2.45, 2.75) is 13.0 Å². The quantitative estimate of drug-likeness (QED) is 0.706. The molecule has 1 rings (SSSR count). The lowest BCUT2D eigenvalue weighted by Crippen LogP contribution is -2.44. The number of nitrogens with two attached hydrogens (primary N) is 1. The molecule has 0 aliphatic carbocycles. The Kier molecular flexibility index (Phi) is 5.79. The monoisotopic (exact) mass is 298 g/mol. The molecule has 0 radical (unpaired) electrons. The average molecular weight is 299 g/mol. The minimum atomic E-state index is -0.470. The molecule has 20 heavy (non-hydrogen) atoms. The SMILES string of the molecule is CNC(=O)CN(C)C(C)C(=O)Nc1ccc(Cl)cc1N. The summed E-state index contributed by atoms with van der Waals surface area (Å²) in [5, 5.41) is 5.73. The standard InChI is InChI=1S/C13H19ClN4O2/c1-8(18(3)7-12(19)16-2)13(20)17-11-5-4-9(14)6-10(11)15/h4-6,8H,7,15H2,1-3H3,(H,16,19)(H,17,20). The van der Waals surface area contributed by atoms with Gasteiger partial charge < -0.3 is 16.4 Å². The molecule has 0 spiro atoms. The number of nitrogen functional groups attached to an aromatic ring is 1. The minimum Gasteiger partial charge on any atom is -0.397 e. The molecule has 0 aliphatic rings. The highest BCUT2D eigenvalue weighted by Crippen LogP contribution is 2.22. The van der Waals surface area contributed by atoms with Gasteiger partial charge in [0.05, 0.1) is 24.0 Å². The second-order valence-corrected chi connectivity index (χ2v) is 4.92. The van der Waals surface area contributed by atoms with E-state index in [9.17, 15) is 9.59 Å². The Balaban J connectivity index is 2.67. The summed E-state index contributed by atoms with van der Waals surface area (Å²) < 4.78 is 0. The molecule has 0 aromatic heterocycles. The minimum absolute atomic E-state index is 0.140. The maximum Gasteiger partial charge on any atom is 0.241 e. The molecule has 0 fully saturated rings. The summed E-state index contributed by atoms with van der Waals surface area (Å²) in [6.45, 7) is 1.85. The summed E-state index contributed by atoms with van der Waals surface area (Å²) >= 11 is 5.79. The topological polar surface area (TPSA) is 87.5 Å². The van der Waals surface area contributed by atoms with E-state index in [1.165, 1.54) is 0 Å². The second-order valence-electron chi connectivity index (χ2n) is 4.49. The van der Waals surface area contributed by atoms with Gasteiger partial charge in [0.25, 0.3) is 0 Å². The number of amides is 2. The molecule has 110 valence electrons. The highest BCUT2D eigenvalue weighted by molar-refractivity contribution is 6.31. The smallest absolute Gasteiger partial charge is 0.241 e. The number of nitrogens with one attached hydrogen (secondary N) is 2. The first-order valence-corrected chi connectivity index (χ1v) is 6.49. The zero-order valence-corrected chi connectivity index (χ0v) is 12.5. The molecule has 0 heterocycles. The Hall–Kier alpha value is -1.79. The van der Waals surface area contributed by atoms with Crippen molar-refractivity contribution in [2.24, 2.45) is 0 Å². The second kappa shape index (κ2) is 7.12. The number of carbonyl (C=O) groups excluding carboxylic acids is 2. The Morgan fingerprint density at radius 1 is 1.45 bits per heavy atom. The van der Waals surface area contributed by atoms with Gasteiger partial charge in [0.2, 0.25) is 11.8 Å². The third-order valence-electron chi connectivity index (χ3n) is 2.98. The summed E-state index contributed by atoms with van der Waals surface area (Å²) in [4.78, 5) is 25.0. The van der Waals surface area contributed by atoms with E-state index in [0.717, 1.165) is 0 Å². The zero-order valence-electron chi connectivity index (χ0n) is 11.7. The van der Waals surface area contributed by atoms with Gasteiger partial charge in [-0.15, -0.1) is 0 Å². The Morgan fingerprint density at radius 3 is 2.65 bits per heavy atom. The predicted octanol–water partition coefficient (Wildman–Crippen LogP) is 0.927. The van der Waals surface area contributed by atoms with Crippen LogP contribution in [0.2, 0.25) is 5.02 Å². The molecule has 7 heteroatoms. The van der Waals surface area contributed by atoms with Crippen LogP contribution in [-0.2, 0) is 9.59 Å². The lowest BCUT2D eigenvalue weighted by molar-refractivity contribution is -0.124. The van der Waals surface area contributed by atoms with Crippen molar-refractivity contribution in [2.75, 3.05) is 31.7 Å². The predicted molar refractivity (Wildman–Crippen MR) is 80.7 cm³/mol. The van der Waals surface area contributed by atoms with Gasteiger partial charge in [-0.05, 0) is 32.2 Å². The summed E-state index contributed by atoms with van der Waals surface area (Å²) in [6, 6.07) is 4.38. The largest absolute Gasteiger partial charge is 0.397 e. The van der Waals surface area contributed by atoms with E-state index in [0.29, 0.717) is 16.4 Å². The first-order valence-electron chi connectivity index (χ1n) is 6.12. The van der Waals surface area contributed by atoms with Crippen LogP contribution in [0.1, 0.15) is 6.92 Å². The maximum absolute atomic E-state index is 12.1. The molecule has 0 saturated carbocycles. The number of rotatable bonds is 5. The van der Waals surface area contributed by atoms with Crippen LogP contribution in [0.5, 0.6) is 0 Å². The number of carbonyl (C=O) groups is 2. The molecule has 1 atom stereocenters. The van der Waals surface area contributed by atoms with Crippen LogP contribution in [0.15, 0.2) is 18.2 Å². The summed E-state index contributed by atoms with van der Waals surface area (Å²) in [6.07, 6.45) is 0. The molecule has 0 saturated heterocycles. The van der Waals surface area contributed by atoms with Crippen molar-refractivity contribution in [3.05, 3.63) is 23.2 Å². The van der Waals surface area contributed by atoms with Gasteiger partial charge >= 0.3 is 0 Å². The van der Waals surface area contributed by atoms with Crippen LogP contribution in [0, 0.1) is 0 Å². The van der Waals surface area contributed by atoms with Crippen LogP contribution in [0.4, 0.5) is 11.4 Å². The summed E-state index contributed by atoms with van der Waals surface area (Å²) in [5.74, 6) is -0.399. The fourth-order valence-electron chi connectivity index (χ4n) is 1.53. The van der Waals surface area contributed by atoms with Crippen molar-refractivity contribution in [1.82, 2.24) is 10.2 Å². The van der Waals surface area contributed by atoms with Crippen LogP contribution in [-0.4, -0.2) is 43.4 Å². The highest BCUT2D eigenvalue weighted by Gasteiger charge is 2.20. The van der Waals surface area contributed by atoms with Gasteiger partial charge in [0.1, 0.15) is 0 Å². The Bertz CT molecular complexity index is 507. The van der Waals surface area contributed by atoms with Gasteiger partial charge in [0.15, 0.2) is 0 Å². The van der Waals surface area contributed by atoms with E-state index in [2.05, 4.69) is 10.6 Å². The Morgan fingerprint density at radius 2 is 2.10 bits per heavy atom. The number of likely N-dealkylation sites (N-methyl/N-ethyl adjacent to an activating group) is 2. The first-order chi connectivity index (χ1) is 9.35. The number of halogens is 1. The third kappa shape index (κ3) is 4.40. The molecule has 1 aromatic rings. The number of hydrogen-bond donors (Lipinski definition) is 3. The van der Waals surface area contributed by atoms with E-state index >= 15 is 0 Å². The van der Waals surface area contributed by atoms with E-state index < -0.39 is 6.04 Å². The van der Waals surface area contributed by atoms with Gasteiger partial charge in [-0.25, -0.2) is 0 Å². The highest BCUT2D eigenvalue weighted by atomic mass is 35.5. The molecule has 2 amide bonds. The fraction of sp³-hybridized carbons (Fsp3) is 0.385. The molecule has 1 aromatic carbocycles. The van der Waals surface area contributed by atoms with E-state index in [1.54, 1.807) is 44.1 Å². The van der Waals surface area contributed by atoms with E-state index in [-0.39, 0.29) is 18.4 Å². The van der Waals surface area contributed by atoms with Crippen LogP contribution < -0.4 is 16.4 Å². The van der Waals surface area contributed by atoms with Gasteiger partial charge in [-0.3, -0.25) is 14.5 Å². The average Bonchev–Trinajstić information content (AvgIpc) is 2.40. The van der Waals surface area contributed by atoms with Crippen molar-refractivity contribution in [3.8, 4) is 0 Å². The van der Waals surface area contributed by atoms with Crippen molar-refractivity contribution in [3.63, 3.8) is 0 Å². The lowest BCUT2D eigenvalue weighted by atomic mass is 10.2. The Labute approximate surface area is 123 Å². The van der Waals surface area contributed by atoms with E-state index in [1.807, 2.05) is 0 Å². The molecular formula is C13H19ClN4O2. The van der Waals surface area contributed by atoms with Crippen molar-refractivity contribution in [1.29, 1.82) is 0 Å². The molecule has 0 aliphatic heterocycles. The maximum atomic E-state index is 12.1. The number of hydrogen-bond acceptors (Lipinski definition) is 4. The number of anilines is 2. The zero-order chi connectivity index (χ0) is 15.3. The van der Waals surface area contributed by atoms with Crippen molar-refractivity contribution < 1.29 is 9.59 Å². The summed E-state index contributed by atoms with van der Waals surface area (Å²) in [5.41, 5.74) is 6.67. The van der Waals surface area contributed by atoms with Crippen LogP contribution in [0.3, 0.4) is 0 Å². The van der Waals surface area contributed by atoms with Crippen LogP contribution in [0.25, 0.3) is 0 Å². The van der Waals surface area contributed by atoms with Crippen LogP contribution >= 0.6 is 11.6 Å². The van der Waals surface area contributed by atoms with Gasteiger partial charge in [-0.1, -0.05) is 11.6 Å². The third-order valence-corrected chi connectivity index (χ3v) is 3.22. The molecular weight excluding hydrogens is 280 g/mol. The normalized spacial score (nSPS) is 12.1.